The molecule has 11 nitrogen and oxygen atoms in total. The first kappa shape index (κ1) is 32.1. The van der Waals surface area contributed by atoms with E-state index in [4.69, 9.17) is 18.6 Å². The second-order valence-corrected chi connectivity index (χ2v) is 11.6. The molecule has 4 atom stereocenters. The fraction of sp³-hybridized carbons (Fsp3) is 0.243. The molecule has 2 aliphatic rings. The van der Waals surface area contributed by atoms with Crippen LogP contribution in [-0.2, 0) is 25.5 Å². The molecule has 0 radical (unpaired) electrons. The molecule has 4 unspecified atom stereocenters. The number of para-hydroxylation sites is 1. The Morgan fingerprint density at radius 1 is 0.958 bits per heavy atom. The minimum atomic E-state index is -1.48. The predicted octanol–water partition coefficient (Wildman–Crippen LogP) is 5.53. The van der Waals surface area contributed by atoms with E-state index in [0.29, 0.717) is 22.9 Å². The van der Waals surface area contributed by atoms with Crippen LogP contribution in [0.2, 0.25) is 0 Å². The number of carboxylic acid groups (broad SMARTS) is 1. The van der Waals surface area contributed by atoms with Gasteiger partial charge in [0.25, 0.3) is 11.8 Å². The Morgan fingerprint density at radius 2 is 1.69 bits per heavy atom. The van der Waals surface area contributed by atoms with Crippen LogP contribution >= 0.6 is 0 Å². The lowest BCUT2D eigenvalue weighted by Gasteiger charge is -2.36. The minimum Gasteiger partial charge on any atom is -0.481 e. The van der Waals surface area contributed by atoms with Gasteiger partial charge < -0.3 is 34.0 Å². The fourth-order valence-electron chi connectivity index (χ4n) is 5.95. The molecule has 1 aromatic heterocycles. The summed E-state index contributed by atoms with van der Waals surface area (Å²) in [6.45, 7) is 2.02. The largest absolute Gasteiger partial charge is 0.481 e. The number of nitrogens with zero attached hydrogens (tertiary/aromatic N) is 1. The molecule has 1 saturated heterocycles. The van der Waals surface area contributed by atoms with Crippen molar-refractivity contribution in [2.75, 3.05) is 18.7 Å². The van der Waals surface area contributed by atoms with Gasteiger partial charge in [-0.25, -0.2) is 0 Å². The summed E-state index contributed by atoms with van der Waals surface area (Å²) in [6.07, 6.45) is 2.07. The molecule has 48 heavy (non-hydrogen) atoms. The summed E-state index contributed by atoms with van der Waals surface area (Å²) >= 11 is 0. The molecule has 0 spiro atoms. The molecule has 3 aromatic carbocycles. The summed E-state index contributed by atoms with van der Waals surface area (Å²) in [4.78, 5) is 52.9. The van der Waals surface area contributed by atoms with Gasteiger partial charge in [-0.15, -0.1) is 0 Å². The van der Waals surface area contributed by atoms with E-state index < -0.39 is 47.7 Å². The number of amides is 2. The van der Waals surface area contributed by atoms with Crippen LogP contribution in [0.5, 0.6) is 11.5 Å². The summed E-state index contributed by atoms with van der Waals surface area (Å²) in [7, 11) is 0. The second kappa shape index (κ2) is 14.3. The number of hydrogen-bond donors (Lipinski definition) is 2. The lowest BCUT2D eigenvalue weighted by Crippen LogP contribution is -2.49. The number of carboxylic acids is 1. The maximum atomic E-state index is 14.2. The van der Waals surface area contributed by atoms with E-state index >= 15 is 0 Å². The van der Waals surface area contributed by atoms with Crippen molar-refractivity contribution in [1.29, 1.82) is 0 Å². The van der Waals surface area contributed by atoms with Crippen LogP contribution < -0.4 is 14.8 Å². The lowest BCUT2D eigenvalue weighted by molar-refractivity contribution is -0.158. The standard InChI is InChI=1S/C37H34N2O9/c1-23(39(18-8-11-24-9-4-2-5-10-24)36(42)34-29(37(43)44)21-33(40)48-34)28(25-14-16-30-32(19-25)46-22-45-30)20-27-15-17-31(47-27)35(41)38-26-12-6-3-7-13-26/h2-17,19,23,28-29,34H,18,20-22H2,1H3,(H,38,41)(H,43,44). The van der Waals surface area contributed by atoms with Crippen molar-refractivity contribution in [3.05, 3.63) is 120 Å². The number of ether oxygens (including phenoxy) is 3. The number of aliphatic carboxylic acids is 1. The fourth-order valence-corrected chi connectivity index (χ4v) is 5.95. The Balaban J connectivity index is 1.32. The Labute approximate surface area is 276 Å². The number of esters is 1. The maximum Gasteiger partial charge on any atom is 0.311 e. The van der Waals surface area contributed by atoms with Crippen LogP contribution in [0.3, 0.4) is 0 Å². The Morgan fingerprint density at radius 3 is 2.44 bits per heavy atom. The number of hydrogen-bond acceptors (Lipinski definition) is 8. The minimum absolute atomic E-state index is 0.0790. The van der Waals surface area contributed by atoms with Crippen LogP contribution in [-0.4, -0.2) is 59.2 Å². The summed E-state index contributed by atoms with van der Waals surface area (Å²) in [6, 6.07) is 26.8. The van der Waals surface area contributed by atoms with Gasteiger partial charge in [-0.3, -0.25) is 19.2 Å². The third-order valence-electron chi connectivity index (χ3n) is 8.50. The van der Waals surface area contributed by atoms with Gasteiger partial charge in [0.15, 0.2) is 23.4 Å². The molecule has 0 bridgehead atoms. The average molecular weight is 651 g/mol. The molecule has 3 heterocycles. The molecule has 2 aliphatic heterocycles. The van der Waals surface area contributed by atoms with Crippen LogP contribution in [0.25, 0.3) is 6.08 Å². The Kier molecular flexibility index (Phi) is 9.56. The number of nitrogens with one attached hydrogen (secondary N) is 1. The molecule has 6 rings (SSSR count). The first-order valence-electron chi connectivity index (χ1n) is 15.6. The van der Waals surface area contributed by atoms with Gasteiger partial charge in [0.1, 0.15) is 11.7 Å². The molecule has 2 amide bonds. The smallest absolute Gasteiger partial charge is 0.311 e. The average Bonchev–Trinajstić information content (AvgIpc) is 3.86. The van der Waals surface area contributed by atoms with Crippen LogP contribution in [0, 0.1) is 5.92 Å². The molecular weight excluding hydrogens is 616 g/mol. The van der Waals surface area contributed by atoms with E-state index in [0.717, 1.165) is 11.1 Å². The van der Waals surface area contributed by atoms with Crippen molar-refractivity contribution in [1.82, 2.24) is 4.90 Å². The van der Waals surface area contributed by atoms with Crippen LogP contribution in [0.4, 0.5) is 5.69 Å². The van der Waals surface area contributed by atoms with E-state index in [1.807, 2.05) is 79.7 Å². The molecule has 11 heteroatoms. The third-order valence-corrected chi connectivity index (χ3v) is 8.50. The van der Waals surface area contributed by atoms with Crippen LogP contribution in [0.15, 0.2) is 101 Å². The number of carbonyl (C=O) groups excluding carboxylic acids is 3. The Bertz CT molecular complexity index is 1820. The van der Waals surface area contributed by atoms with Gasteiger partial charge in [-0.05, 0) is 54.4 Å². The summed E-state index contributed by atoms with van der Waals surface area (Å²) in [5.74, 6) is -3.06. The quantitative estimate of drug-likeness (QED) is 0.189. The molecule has 1 fully saturated rings. The number of cyclic esters (lactones) is 1. The van der Waals surface area contributed by atoms with Crippen molar-refractivity contribution in [3.8, 4) is 11.5 Å². The maximum absolute atomic E-state index is 14.2. The molecule has 4 aromatic rings. The highest BCUT2D eigenvalue weighted by Crippen LogP contribution is 2.38. The monoisotopic (exact) mass is 650 g/mol. The molecule has 2 N–H and O–H groups in total. The van der Waals surface area contributed by atoms with Crippen molar-refractivity contribution >= 4 is 35.5 Å². The second-order valence-electron chi connectivity index (χ2n) is 11.6. The van der Waals surface area contributed by atoms with Crippen molar-refractivity contribution < 1.29 is 42.9 Å². The van der Waals surface area contributed by atoms with Crippen molar-refractivity contribution in [2.24, 2.45) is 5.92 Å². The van der Waals surface area contributed by atoms with E-state index in [9.17, 15) is 24.3 Å². The van der Waals surface area contributed by atoms with Gasteiger partial charge in [-0.1, -0.05) is 66.7 Å². The van der Waals surface area contributed by atoms with Gasteiger partial charge >= 0.3 is 11.9 Å². The molecular formula is C37H34N2O9. The highest BCUT2D eigenvalue weighted by atomic mass is 16.7. The van der Waals surface area contributed by atoms with Crippen molar-refractivity contribution in [3.63, 3.8) is 0 Å². The zero-order valence-electron chi connectivity index (χ0n) is 26.1. The normalized spacial score (nSPS) is 17.9. The van der Waals surface area contributed by atoms with E-state index in [1.54, 1.807) is 30.3 Å². The number of anilines is 1. The van der Waals surface area contributed by atoms with E-state index in [2.05, 4.69) is 5.32 Å². The number of benzene rings is 3. The summed E-state index contributed by atoms with van der Waals surface area (Å²) in [5.41, 5.74) is 2.33. The van der Waals surface area contributed by atoms with Gasteiger partial charge in [0.2, 0.25) is 6.79 Å². The number of fused-ring (bicyclic) bond motifs is 1. The summed E-state index contributed by atoms with van der Waals surface area (Å²) < 4.78 is 22.5. The highest BCUT2D eigenvalue weighted by Gasteiger charge is 2.47. The Hall–Kier alpha value is -5.84. The van der Waals surface area contributed by atoms with E-state index in [1.165, 1.54) is 4.90 Å². The molecule has 0 aliphatic carbocycles. The SMILES string of the molecule is CC(C(Cc1ccc(C(=O)Nc2ccccc2)o1)c1ccc2c(c1)OCO2)N(CC=Cc1ccccc1)C(=O)C1OC(=O)CC1C(=O)O. The highest BCUT2D eigenvalue weighted by molar-refractivity contribution is 6.02. The van der Waals surface area contributed by atoms with Gasteiger partial charge in [0.05, 0.1) is 6.42 Å². The third kappa shape index (κ3) is 7.25. The first-order chi connectivity index (χ1) is 23.3. The lowest BCUT2D eigenvalue weighted by atomic mass is 9.86. The number of carbonyl (C=O) groups is 4. The van der Waals surface area contributed by atoms with Crippen LogP contribution in [0.1, 0.15) is 46.7 Å². The number of rotatable bonds is 12. The summed E-state index contributed by atoms with van der Waals surface area (Å²) in [5, 5.41) is 12.6. The van der Waals surface area contributed by atoms with Gasteiger partial charge in [-0.2, -0.15) is 0 Å². The topological polar surface area (TPSA) is 145 Å². The van der Waals surface area contributed by atoms with Crippen molar-refractivity contribution in [2.45, 2.75) is 37.8 Å². The zero-order chi connectivity index (χ0) is 33.6. The van der Waals surface area contributed by atoms with E-state index in [-0.39, 0.29) is 31.9 Å². The molecule has 0 saturated carbocycles. The first-order valence-corrected chi connectivity index (χ1v) is 15.6. The predicted molar refractivity (Wildman–Crippen MR) is 174 cm³/mol. The zero-order valence-corrected chi connectivity index (χ0v) is 26.1. The van der Waals surface area contributed by atoms with Gasteiger partial charge in [0, 0.05) is 30.6 Å². The number of furan rings is 1. The molecule has 246 valence electrons.